The normalized spacial score (nSPS) is 10.7. The lowest BCUT2D eigenvalue weighted by Crippen LogP contribution is -2.13. The number of methoxy groups -OCH3 is 1. The second-order valence-corrected chi connectivity index (χ2v) is 6.67. The summed E-state index contributed by atoms with van der Waals surface area (Å²) in [6.07, 6.45) is 0.960. The average molecular weight is 379 g/mol. The number of ether oxygens (including phenoxy) is 1. The molecule has 28 heavy (non-hydrogen) atoms. The van der Waals surface area contributed by atoms with Crippen molar-refractivity contribution in [3.05, 3.63) is 71.0 Å². The summed E-state index contributed by atoms with van der Waals surface area (Å²) in [5.41, 5.74) is 5.39. The molecule has 1 amide bonds. The van der Waals surface area contributed by atoms with Crippen LogP contribution in [-0.2, 0) is 17.8 Å². The third kappa shape index (κ3) is 4.40. The molecule has 0 radical (unpaired) electrons. The van der Waals surface area contributed by atoms with Crippen molar-refractivity contribution in [2.75, 3.05) is 12.4 Å². The van der Waals surface area contributed by atoms with Crippen LogP contribution in [-0.4, -0.2) is 27.9 Å². The predicted octanol–water partition coefficient (Wildman–Crippen LogP) is 3.56. The lowest BCUT2D eigenvalue weighted by Gasteiger charge is -2.08. The summed E-state index contributed by atoms with van der Waals surface area (Å²) < 4.78 is 7.18. The minimum atomic E-state index is -0.0666. The summed E-state index contributed by atoms with van der Waals surface area (Å²) in [6.45, 7) is 3.92. The van der Waals surface area contributed by atoms with Crippen LogP contribution in [0.4, 0.5) is 5.69 Å². The molecule has 6 nitrogen and oxygen atoms in total. The first-order valence-corrected chi connectivity index (χ1v) is 9.21. The zero-order valence-electron chi connectivity index (χ0n) is 16.4. The molecule has 146 valence electrons. The van der Waals surface area contributed by atoms with Crippen LogP contribution in [0.5, 0.6) is 5.75 Å². The highest BCUT2D eigenvalue weighted by molar-refractivity contribution is 5.90. The number of aliphatic hydroxyl groups is 1. The number of aromatic nitrogens is 2. The SMILES string of the molecule is COc1cccc(-n2nc(C)c(CCC(=O)Nc3cccc(CO)c3)c2C)c1. The van der Waals surface area contributed by atoms with Crippen LogP contribution in [0.1, 0.15) is 28.9 Å². The molecule has 0 fully saturated rings. The van der Waals surface area contributed by atoms with Crippen LogP contribution >= 0.6 is 0 Å². The van der Waals surface area contributed by atoms with Gasteiger partial charge in [-0.1, -0.05) is 18.2 Å². The van der Waals surface area contributed by atoms with Gasteiger partial charge in [-0.2, -0.15) is 5.10 Å². The number of aliphatic hydroxyl groups excluding tert-OH is 1. The van der Waals surface area contributed by atoms with E-state index < -0.39 is 0 Å². The van der Waals surface area contributed by atoms with Gasteiger partial charge >= 0.3 is 0 Å². The lowest BCUT2D eigenvalue weighted by molar-refractivity contribution is -0.116. The number of benzene rings is 2. The molecule has 0 atom stereocenters. The van der Waals surface area contributed by atoms with E-state index >= 15 is 0 Å². The van der Waals surface area contributed by atoms with Crippen LogP contribution in [0, 0.1) is 13.8 Å². The van der Waals surface area contributed by atoms with E-state index in [9.17, 15) is 9.90 Å². The van der Waals surface area contributed by atoms with Crippen molar-refractivity contribution in [3.8, 4) is 11.4 Å². The van der Waals surface area contributed by atoms with Gasteiger partial charge in [0.25, 0.3) is 0 Å². The van der Waals surface area contributed by atoms with E-state index in [4.69, 9.17) is 4.74 Å². The molecule has 1 aromatic heterocycles. The minimum absolute atomic E-state index is 0.0500. The standard InChI is InChI=1S/C22H25N3O3/c1-15-21(10-11-22(27)23-18-7-4-6-17(12-18)14-26)16(2)25(24-15)19-8-5-9-20(13-19)28-3/h4-9,12-13,26H,10-11,14H2,1-3H3,(H,23,27). The Morgan fingerprint density at radius 1 is 1.18 bits per heavy atom. The number of hydrogen-bond donors (Lipinski definition) is 2. The van der Waals surface area contributed by atoms with E-state index in [1.165, 1.54) is 0 Å². The average Bonchev–Trinajstić information content (AvgIpc) is 3.00. The highest BCUT2D eigenvalue weighted by atomic mass is 16.5. The van der Waals surface area contributed by atoms with Gasteiger partial charge in [-0.05, 0) is 55.7 Å². The zero-order chi connectivity index (χ0) is 20.1. The summed E-state index contributed by atoms with van der Waals surface area (Å²) in [5.74, 6) is 0.708. The topological polar surface area (TPSA) is 76.4 Å². The number of amides is 1. The summed E-state index contributed by atoms with van der Waals surface area (Å²) in [7, 11) is 1.64. The van der Waals surface area contributed by atoms with E-state index in [1.807, 2.05) is 61.0 Å². The van der Waals surface area contributed by atoms with Crippen molar-refractivity contribution in [3.63, 3.8) is 0 Å². The first-order chi connectivity index (χ1) is 13.5. The second-order valence-electron chi connectivity index (χ2n) is 6.67. The smallest absolute Gasteiger partial charge is 0.224 e. The van der Waals surface area contributed by atoms with Gasteiger partial charge in [0.15, 0.2) is 0 Å². The summed E-state index contributed by atoms with van der Waals surface area (Å²) in [5, 5.41) is 16.7. The Kier molecular flexibility index (Phi) is 6.11. The first-order valence-electron chi connectivity index (χ1n) is 9.21. The minimum Gasteiger partial charge on any atom is -0.497 e. The van der Waals surface area contributed by atoms with Gasteiger partial charge in [-0.15, -0.1) is 0 Å². The van der Waals surface area contributed by atoms with Crippen molar-refractivity contribution in [2.45, 2.75) is 33.3 Å². The van der Waals surface area contributed by atoms with E-state index in [0.717, 1.165) is 34.0 Å². The Bertz CT molecular complexity index is 979. The van der Waals surface area contributed by atoms with Gasteiger partial charge in [0.05, 0.1) is 25.1 Å². The molecule has 0 aliphatic rings. The summed E-state index contributed by atoms with van der Waals surface area (Å²) in [6, 6.07) is 15.0. The van der Waals surface area contributed by atoms with Gasteiger partial charge < -0.3 is 15.2 Å². The Morgan fingerprint density at radius 2 is 1.96 bits per heavy atom. The molecule has 3 aromatic rings. The maximum absolute atomic E-state index is 12.4. The Morgan fingerprint density at radius 3 is 2.71 bits per heavy atom. The second kappa shape index (κ2) is 8.71. The fraction of sp³-hybridized carbons (Fsp3) is 0.273. The molecule has 6 heteroatoms. The first kappa shape index (κ1) is 19.6. The lowest BCUT2D eigenvalue weighted by atomic mass is 10.1. The number of aryl methyl sites for hydroxylation is 1. The van der Waals surface area contributed by atoms with Crippen molar-refractivity contribution >= 4 is 11.6 Å². The van der Waals surface area contributed by atoms with E-state index in [1.54, 1.807) is 13.2 Å². The number of nitrogens with one attached hydrogen (secondary N) is 1. The third-order valence-corrected chi connectivity index (χ3v) is 4.73. The number of hydrogen-bond acceptors (Lipinski definition) is 4. The summed E-state index contributed by atoms with van der Waals surface area (Å²) in [4.78, 5) is 12.4. The number of rotatable bonds is 7. The Labute approximate surface area is 164 Å². The molecule has 0 unspecified atom stereocenters. The number of carbonyl (C=O) groups is 1. The molecule has 0 bridgehead atoms. The highest BCUT2D eigenvalue weighted by Gasteiger charge is 2.15. The van der Waals surface area contributed by atoms with Gasteiger partial charge in [-0.3, -0.25) is 4.79 Å². The molecular weight excluding hydrogens is 354 g/mol. The van der Waals surface area contributed by atoms with Crippen molar-refractivity contribution in [1.82, 2.24) is 9.78 Å². The van der Waals surface area contributed by atoms with Gasteiger partial charge in [0.2, 0.25) is 5.91 Å². The van der Waals surface area contributed by atoms with Crippen LogP contribution in [0.25, 0.3) is 5.69 Å². The molecule has 3 rings (SSSR count). The van der Waals surface area contributed by atoms with E-state index in [2.05, 4.69) is 10.4 Å². The molecule has 0 spiro atoms. The molecule has 0 saturated carbocycles. The maximum Gasteiger partial charge on any atom is 0.224 e. The molecule has 0 aliphatic heterocycles. The van der Waals surface area contributed by atoms with Crippen LogP contribution in [0.2, 0.25) is 0 Å². The fourth-order valence-corrected chi connectivity index (χ4v) is 3.24. The third-order valence-electron chi connectivity index (χ3n) is 4.73. The predicted molar refractivity (Wildman–Crippen MR) is 109 cm³/mol. The monoisotopic (exact) mass is 379 g/mol. The molecule has 2 N–H and O–H groups in total. The van der Waals surface area contributed by atoms with Crippen LogP contribution in [0.3, 0.4) is 0 Å². The number of anilines is 1. The quantitative estimate of drug-likeness (QED) is 0.658. The molecule has 0 aliphatic carbocycles. The number of nitrogens with zero attached hydrogens (tertiary/aromatic N) is 2. The van der Waals surface area contributed by atoms with Crippen molar-refractivity contribution < 1.29 is 14.6 Å². The van der Waals surface area contributed by atoms with Crippen molar-refractivity contribution in [1.29, 1.82) is 0 Å². The molecule has 1 heterocycles. The van der Waals surface area contributed by atoms with Crippen LogP contribution < -0.4 is 10.1 Å². The Balaban J connectivity index is 1.70. The highest BCUT2D eigenvalue weighted by Crippen LogP contribution is 2.22. The maximum atomic E-state index is 12.4. The van der Waals surface area contributed by atoms with Crippen molar-refractivity contribution in [2.24, 2.45) is 0 Å². The molecule has 0 saturated heterocycles. The van der Waals surface area contributed by atoms with Gasteiger partial charge in [0.1, 0.15) is 5.75 Å². The number of carbonyl (C=O) groups excluding carboxylic acids is 1. The zero-order valence-corrected chi connectivity index (χ0v) is 16.4. The van der Waals surface area contributed by atoms with Crippen LogP contribution in [0.15, 0.2) is 48.5 Å². The largest absolute Gasteiger partial charge is 0.497 e. The molecular formula is C22H25N3O3. The van der Waals surface area contributed by atoms with E-state index in [0.29, 0.717) is 18.5 Å². The van der Waals surface area contributed by atoms with Gasteiger partial charge in [-0.25, -0.2) is 4.68 Å². The molecule has 2 aromatic carbocycles. The summed E-state index contributed by atoms with van der Waals surface area (Å²) >= 11 is 0. The fourth-order valence-electron chi connectivity index (χ4n) is 3.24. The van der Waals surface area contributed by atoms with Gasteiger partial charge in [0, 0.05) is 23.9 Å². The Hall–Kier alpha value is -3.12. The van der Waals surface area contributed by atoms with E-state index in [-0.39, 0.29) is 12.5 Å².